The average molecular weight is 378 g/mol. The molecule has 0 saturated heterocycles. The number of benzene rings is 2. The molecule has 2 rings (SSSR count). The molecule has 0 spiro atoms. The number of hydrogen-bond donors (Lipinski definition) is 1. The van der Waals surface area contributed by atoms with Gasteiger partial charge in [-0.3, -0.25) is 4.79 Å². The predicted molar refractivity (Wildman–Crippen MR) is 85.5 cm³/mol. The Morgan fingerprint density at radius 2 is 1.79 bits per heavy atom. The number of nitrogens with one attached hydrogen (secondary N) is 1. The first kappa shape index (κ1) is 18.3. The van der Waals surface area contributed by atoms with Crippen molar-refractivity contribution in [1.82, 2.24) is 0 Å². The Kier molecular flexibility index (Phi) is 5.51. The van der Waals surface area contributed by atoms with Crippen molar-refractivity contribution in [2.24, 2.45) is 0 Å². The molecule has 0 aromatic heterocycles. The van der Waals surface area contributed by atoms with Crippen molar-refractivity contribution in [3.05, 3.63) is 69.5 Å². The zero-order chi connectivity index (χ0) is 17.9. The molecular weight excluding hydrogens is 369 g/mol. The van der Waals surface area contributed by atoms with Crippen molar-refractivity contribution in [2.75, 3.05) is 5.32 Å². The van der Waals surface area contributed by atoms with E-state index in [1.165, 1.54) is 12.1 Å². The number of anilines is 1. The summed E-state index contributed by atoms with van der Waals surface area (Å²) in [5.41, 5.74) is -1.17. The number of hydrogen-bond acceptors (Lipinski definition) is 1. The minimum Gasteiger partial charge on any atom is -0.321 e. The Hall–Kier alpha value is -2.05. The van der Waals surface area contributed by atoms with E-state index in [-0.39, 0.29) is 21.3 Å². The lowest BCUT2D eigenvalue weighted by atomic mass is 10.2. The Morgan fingerprint density at radius 3 is 2.42 bits per heavy atom. The highest BCUT2D eigenvalue weighted by atomic mass is 35.5. The second kappa shape index (κ2) is 7.23. The van der Waals surface area contributed by atoms with Gasteiger partial charge in [0.05, 0.1) is 21.3 Å². The van der Waals surface area contributed by atoms with Crippen LogP contribution in [-0.4, -0.2) is 5.91 Å². The van der Waals surface area contributed by atoms with Gasteiger partial charge in [-0.05, 0) is 36.4 Å². The highest BCUT2D eigenvalue weighted by Crippen LogP contribution is 2.33. The molecule has 1 N–H and O–H groups in total. The standard InChI is InChI=1S/C16H9Cl2F4NO/c17-11-2-1-3-13(19)10(11)5-7-15(24)23-14-8-9(16(20,21)22)4-6-12(14)18/h1-8H,(H,23,24)/b7-5+. The van der Waals surface area contributed by atoms with Gasteiger partial charge in [-0.2, -0.15) is 13.2 Å². The van der Waals surface area contributed by atoms with Gasteiger partial charge >= 0.3 is 6.18 Å². The molecule has 0 unspecified atom stereocenters. The Balaban J connectivity index is 2.20. The second-order valence-electron chi connectivity index (χ2n) is 4.65. The monoisotopic (exact) mass is 377 g/mol. The third-order valence-electron chi connectivity index (χ3n) is 2.95. The molecule has 2 nitrogen and oxygen atoms in total. The van der Waals surface area contributed by atoms with E-state index >= 15 is 0 Å². The van der Waals surface area contributed by atoms with Gasteiger partial charge in [0.15, 0.2) is 0 Å². The number of alkyl halides is 3. The van der Waals surface area contributed by atoms with Gasteiger partial charge in [0.2, 0.25) is 5.91 Å². The number of carbonyl (C=O) groups is 1. The molecule has 0 atom stereocenters. The van der Waals surface area contributed by atoms with Crippen LogP contribution in [0.15, 0.2) is 42.5 Å². The van der Waals surface area contributed by atoms with Crippen molar-refractivity contribution < 1.29 is 22.4 Å². The first-order chi connectivity index (χ1) is 11.2. The average Bonchev–Trinajstić information content (AvgIpc) is 2.48. The fraction of sp³-hybridized carbons (Fsp3) is 0.0625. The summed E-state index contributed by atoms with van der Waals surface area (Å²) in [7, 11) is 0. The molecule has 0 aliphatic heterocycles. The van der Waals surface area contributed by atoms with Crippen LogP contribution in [0.2, 0.25) is 10.0 Å². The second-order valence-corrected chi connectivity index (χ2v) is 5.46. The molecule has 2 aromatic carbocycles. The summed E-state index contributed by atoms with van der Waals surface area (Å²) < 4.78 is 51.6. The smallest absolute Gasteiger partial charge is 0.321 e. The summed E-state index contributed by atoms with van der Waals surface area (Å²) in [6.45, 7) is 0. The molecule has 24 heavy (non-hydrogen) atoms. The Labute approximate surface area is 144 Å². The van der Waals surface area contributed by atoms with Crippen LogP contribution in [0.4, 0.5) is 23.2 Å². The summed E-state index contributed by atoms with van der Waals surface area (Å²) in [6, 6.07) is 6.53. The minimum atomic E-state index is -4.57. The molecule has 126 valence electrons. The molecule has 0 aliphatic rings. The molecular formula is C16H9Cl2F4NO. The third kappa shape index (κ3) is 4.49. The van der Waals surface area contributed by atoms with Crippen LogP contribution in [0.25, 0.3) is 6.08 Å². The maximum absolute atomic E-state index is 13.6. The van der Waals surface area contributed by atoms with Crippen LogP contribution < -0.4 is 5.32 Å². The van der Waals surface area contributed by atoms with E-state index in [4.69, 9.17) is 23.2 Å². The van der Waals surface area contributed by atoms with E-state index in [2.05, 4.69) is 5.32 Å². The lowest BCUT2D eigenvalue weighted by molar-refractivity contribution is -0.137. The van der Waals surface area contributed by atoms with Crippen LogP contribution in [0, 0.1) is 5.82 Å². The predicted octanol–water partition coefficient (Wildman–Crippen LogP) is 5.80. The SMILES string of the molecule is O=C(/C=C/c1c(F)cccc1Cl)Nc1cc(C(F)(F)F)ccc1Cl. The number of halogens is 6. The molecule has 0 heterocycles. The molecule has 0 radical (unpaired) electrons. The van der Waals surface area contributed by atoms with Crippen LogP contribution in [0.1, 0.15) is 11.1 Å². The van der Waals surface area contributed by atoms with Gasteiger partial charge in [-0.1, -0.05) is 29.3 Å². The van der Waals surface area contributed by atoms with E-state index in [0.717, 1.165) is 30.4 Å². The molecule has 0 bridgehead atoms. The molecule has 1 amide bonds. The van der Waals surface area contributed by atoms with Crippen LogP contribution in [-0.2, 0) is 11.0 Å². The van der Waals surface area contributed by atoms with Crippen molar-refractivity contribution in [3.8, 4) is 0 Å². The third-order valence-corrected chi connectivity index (χ3v) is 3.61. The van der Waals surface area contributed by atoms with Crippen molar-refractivity contribution in [2.45, 2.75) is 6.18 Å². The van der Waals surface area contributed by atoms with E-state index < -0.39 is 23.5 Å². The highest BCUT2D eigenvalue weighted by molar-refractivity contribution is 6.34. The fourth-order valence-corrected chi connectivity index (χ4v) is 2.19. The fourth-order valence-electron chi connectivity index (χ4n) is 1.80. The highest BCUT2D eigenvalue weighted by Gasteiger charge is 2.31. The van der Waals surface area contributed by atoms with Crippen LogP contribution >= 0.6 is 23.2 Å². The number of amides is 1. The van der Waals surface area contributed by atoms with Crippen molar-refractivity contribution in [1.29, 1.82) is 0 Å². The quantitative estimate of drug-likeness (QED) is 0.531. The van der Waals surface area contributed by atoms with Crippen LogP contribution in [0.3, 0.4) is 0 Å². The van der Waals surface area contributed by atoms with Crippen LogP contribution in [0.5, 0.6) is 0 Å². The van der Waals surface area contributed by atoms with E-state index in [1.807, 2.05) is 0 Å². The van der Waals surface area contributed by atoms with Gasteiger partial charge < -0.3 is 5.32 Å². The summed E-state index contributed by atoms with van der Waals surface area (Å²) in [5.74, 6) is -1.42. The lowest BCUT2D eigenvalue weighted by Gasteiger charge is -2.10. The van der Waals surface area contributed by atoms with Gasteiger partial charge in [-0.15, -0.1) is 0 Å². The summed E-state index contributed by atoms with van der Waals surface area (Å²) >= 11 is 11.6. The van der Waals surface area contributed by atoms with E-state index in [9.17, 15) is 22.4 Å². The normalized spacial score (nSPS) is 11.8. The van der Waals surface area contributed by atoms with Crippen molar-refractivity contribution >= 4 is 40.9 Å². The zero-order valence-electron chi connectivity index (χ0n) is 11.8. The largest absolute Gasteiger partial charge is 0.416 e. The van der Waals surface area contributed by atoms with Gasteiger partial charge in [0.1, 0.15) is 5.82 Å². The molecule has 0 aliphatic carbocycles. The number of rotatable bonds is 3. The number of carbonyl (C=O) groups excluding carboxylic acids is 1. The van der Waals surface area contributed by atoms with E-state index in [1.54, 1.807) is 0 Å². The summed E-state index contributed by atoms with van der Waals surface area (Å²) in [6.07, 6.45) is -2.50. The van der Waals surface area contributed by atoms with Gasteiger partial charge in [0, 0.05) is 11.6 Å². The molecule has 8 heteroatoms. The van der Waals surface area contributed by atoms with Gasteiger partial charge in [-0.25, -0.2) is 4.39 Å². The van der Waals surface area contributed by atoms with Gasteiger partial charge in [0.25, 0.3) is 0 Å². The topological polar surface area (TPSA) is 29.1 Å². The molecule has 2 aromatic rings. The van der Waals surface area contributed by atoms with E-state index in [0.29, 0.717) is 6.07 Å². The minimum absolute atomic E-state index is 0.00976. The van der Waals surface area contributed by atoms with Crippen molar-refractivity contribution in [3.63, 3.8) is 0 Å². The summed E-state index contributed by atoms with van der Waals surface area (Å²) in [5, 5.41) is 2.24. The first-order valence-corrected chi connectivity index (χ1v) is 7.24. The maximum Gasteiger partial charge on any atom is 0.416 e. The Bertz CT molecular complexity index is 783. The summed E-state index contributed by atoms with van der Waals surface area (Å²) in [4.78, 5) is 11.8. The maximum atomic E-state index is 13.6. The molecule has 0 saturated carbocycles. The zero-order valence-corrected chi connectivity index (χ0v) is 13.3. The molecule has 0 fully saturated rings. The first-order valence-electron chi connectivity index (χ1n) is 6.48. The Morgan fingerprint density at radius 1 is 1.08 bits per heavy atom. The lowest BCUT2D eigenvalue weighted by Crippen LogP contribution is -2.11.